The van der Waals surface area contributed by atoms with E-state index in [9.17, 15) is 0 Å². The summed E-state index contributed by atoms with van der Waals surface area (Å²) in [5, 5.41) is 0. The summed E-state index contributed by atoms with van der Waals surface area (Å²) >= 11 is 3.46. The van der Waals surface area contributed by atoms with E-state index in [-0.39, 0.29) is 0 Å². The van der Waals surface area contributed by atoms with E-state index in [1.807, 2.05) is 31.2 Å². The minimum Gasteiger partial charge on any atom is -0.476 e. The van der Waals surface area contributed by atoms with E-state index in [1.165, 1.54) is 0 Å². The quantitative estimate of drug-likeness (QED) is 0.868. The predicted molar refractivity (Wildman–Crippen MR) is 70.1 cm³/mol. The average molecular weight is 293 g/mol. The van der Waals surface area contributed by atoms with Gasteiger partial charge in [-0.3, -0.25) is 4.98 Å². The third-order valence-corrected chi connectivity index (χ3v) is 3.34. The van der Waals surface area contributed by atoms with Gasteiger partial charge in [-0.1, -0.05) is 6.07 Å². The summed E-state index contributed by atoms with van der Waals surface area (Å²) in [5.74, 6) is 0.640. The minimum atomic E-state index is 0.575. The molecule has 88 valence electrons. The van der Waals surface area contributed by atoms with Crippen LogP contribution in [0, 0.1) is 6.92 Å². The van der Waals surface area contributed by atoms with E-state index in [0.29, 0.717) is 12.5 Å². The first-order valence-corrected chi connectivity index (χ1v) is 6.20. The molecule has 0 aliphatic carbocycles. The maximum Gasteiger partial charge on any atom is 0.228 e. The summed E-state index contributed by atoms with van der Waals surface area (Å²) in [7, 11) is 0. The number of nitrogens with zero attached hydrogens (tertiary/aromatic N) is 2. The molecule has 0 radical (unpaired) electrons. The van der Waals surface area contributed by atoms with Gasteiger partial charge in [-0.05, 0) is 46.6 Å². The van der Waals surface area contributed by atoms with E-state index >= 15 is 0 Å². The molecule has 0 unspecified atom stereocenters. The molecule has 0 atom stereocenters. The molecule has 0 amide bonds. The van der Waals surface area contributed by atoms with E-state index in [1.54, 1.807) is 12.4 Å². The molecule has 0 saturated heterocycles. The van der Waals surface area contributed by atoms with Crippen molar-refractivity contribution in [3.8, 4) is 5.88 Å². The Kier molecular flexibility index (Phi) is 4.09. The first-order chi connectivity index (χ1) is 8.27. The van der Waals surface area contributed by atoms with Crippen LogP contribution in [0.1, 0.15) is 11.3 Å². The number of rotatable bonds is 4. The molecule has 0 saturated carbocycles. The Morgan fingerprint density at radius 3 is 2.82 bits per heavy atom. The molecule has 0 spiro atoms. The van der Waals surface area contributed by atoms with Crippen molar-refractivity contribution in [2.24, 2.45) is 0 Å². The van der Waals surface area contributed by atoms with Crippen LogP contribution in [0.15, 0.2) is 41.1 Å². The van der Waals surface area contributed by atoms with Crippen LogP contribution in [0.4, 0.5) is 0 Å². The van der Waals surface area contributed by atoms with Crippen molar-refractivity contribution in [1.29, 1.82) is 0 Å². The van der Waals surface area contributed by atoms with Crippen LogP contribution in [-0.2, 0) is 6.42 Å². The second-order valence-electron chi connectivity index (χ2n) is 3.67. The number of aryl methyl sites for hydroxylation is 1. The first kappa shape index (κ1) is 12.0. The van der Waals surface area contributed by atoms with Crippen LogP contribution in [0.5, 0.6) is 5.88 Å². The normalized spacial score (nSPS) is 10.2. The van der Waals surface area contributed by atoms with E-state index < -0.39 is 0 Å². The Morgan fingerprint density at radius 2 is 2.06 bits per heavy atom. The molecule has 2 aromatic heterocycles. The van der Waals surface area contributed by atoms with E-state index in [0.717, 1.165) is 22.2 Å². The zero-order chi connectivity index (χ0) is 12.1. The molecule has 2 heterocycles. The summed E-state index contributed by atoms with van der Waals surface area (Å²) in [4.78, 5) is 8.42. The van der Waals surface area contributed by atoms with Crippen LogP contribution in [-0.4, -0.2) is 16.6 Å². The Morgan fingerprint density at radius 1 is 1.18 bits per heavy atom. The smallest absolute Gasteiger partial charge is 0.228 e. The largest absolute Gasteiger partial charge is 0.476 e. The lowest BCUT2D eigenvalue weighted by Gasteiger charge is -2.07. The standard InChI is InChI=1S/C13H13BrN2O/c1-10-5-8-16-13(12(10)14)17-9-6-11-4-2-3-7-15-11/h2-5,7-8H,6,9H2,1H3. The van der Waals surface area contributed by atoms with Crippen LogP contribution in [0.2, 0.25) is 0 Å². The molecule has 0 aliphatic heterocycles. The first-order valence-electron chi connectivity index (χ1n) is 5.41. The number of hydrogen-bond acceptors (Lipinski definition) is 3. The van der Waals surface area contributed by atoms with Crippen molar-refractivity contribution in [3.63, 3.8) is 0 Å². The summed E-state index contributed by atoms with van der Waals surface area (Å²) in [6.07, 6.45) is 4.31. The van der Waals surface area contributed by atoms with Gasteiger partial charge in [0.05, 0.1) is 11.1 Å². The van der Waals surface area contributed by atoms with Gasteiger partial charge >= 0.3 is 0 Å². The lowest BCUT2D eigenvalue weighted by atomic mass is 10.3. The van der Waals surface area contributed by atoms with Gasteiger partial charge in [0.1, 0.15) is 0 Å². The highest BCUT2D eigenvalue weighted by molar-refractivity contribution is 9.10. The van der Waals surface area contributed by atoms with Gasteiger partial charge in [0, 0.05) is 24.5 Å². The monoisotopic (exact) mass is 292 g/mol. The molecular formula is C13H13BrN2O. The van der Waals surface area contributed by atoms with Crippen LogP contribution >= 0.6 is 15.9 Å². The van der Waals surface area contributed by atoms with Crippen molar-refractivity contribution < 1.29 is 4.74 Å². The molecule has 0 bridgehead atoms. The Balaban J connectivity index is 1.93. The lowest BCUT2D eigenvalue weighted by molar-refractivity contribution is 0.306. The van der Waals surface area contributed by atoms with Gasteiger partial charge < -0.3 is 4.74 Å². The summed E-state index contributed by atoms with van der Waals surface area (Å²) < 4.78 is 6.54. The van der Waals surface area contributed by atoms with Crippen molar-refractivity contribution in [3.05, 3.63) is 52.4 Å². The molecule has 3 nitrogen and oxygen atoms in total. The lowest BCUT2D eigenvalue weighted by Crippen LogP contribution is -2.04. The summed E-state index contributed by atoms with van der Waals surface area (Å²) in [6, 6.07) is 7.81. The SMILES string of the molecule is Cc1ccnc(OCCc2ccccn2)c1Br. The Hall–Kier alpha value is -1.42. The van der Waals surface area contributed by atoms with E-state index in [4.69, 9.17) is 4.74 Å². The highest BCUT2D eigenvalue weighted by atomic mass is 79.9. The van der Waals surface area contributed by atoms with Gasteiger partial charge in [0.2, 0.25) is 5.88 Å². The van der Waals surface area contributed by atoms with Gasteiger partial charge in [0.15, 0.2) is 0 Å². The maximum atomic E-state index is 5.62. The van der Waals surface area contributed by atoms with Crippen molar-refractivity contribution in [2.45, 2.75) is 13.3 Å². The van der Waals surface area contributed by atoms with Crippen LogP contribution in [0.3, 0.4) is 0 Å². The number of aromatic nitrogens is 2. The number of pyridine rings is 2. The molecule has 0 aromatic carbocycles. The Labute approximate surface area is 109 Å². The van der Waals surface area contributed by atoms with E-state index in [2.05, 4.69) is 25.9 Å². The highest BCUT2D eigenvalue weighted by Crippen LogP contribution is 2.25. The number of halogens is 1. The average Bonchev–Trinajstić information content (AvgIpc) is 2.36. The van der Waals surface area contributed by atoms with Gasteiger partial charge in [-0.15, -0.1) is 0 Å². The third-order valence-electron chi connectivity index (χ3n) is 2.37. The summed E-state index contributed by atoms with van der Waals surface area (Å²) in [5.41, 5.74) is 2.14. The number of hydrogen-bond donors (Lipinski definition) is 0. The topological polar surface area (TPSA) is 35.0 Å². The van der Waals surface area contributed by atoms with Crippen LogP contribution in [0.25, 0.3) is 0 Å². The molecule has 4 heteroatoms. The number of ether oxygens (including phenoxy) is 1. The predicted octanol–water partition coefficient (Wildman–Crippen LogP) is 3.17. The Bertz CT molecular complexity index is 488. The second-order valence-corrected chi connectivity index (χ2v) is 4.46. The fourth-order valence-corrected chi connectivity index (χ4v) is 1.76. The van der Waals surface area contributed by atoms with Crippen LogP contribution < -0.4 is 4.74 Å². The van der Waals surface area contributed by atoms with Crippen molar-refractivity contribution >= 4 is 15.9 Å². The zero-order valence-electron chi connectivity index (χ0n) is 9.56. The molecule has 17 heavy (non-hydrogen) atoms. The van der Waals surface area contributed by atoms with Crippen molar-refractivity contribution in [1.82, 2.24) is 9.97 Å². The molecule has 0 N–H and O–H groups in total. The van der Waals surface area contributed by atoms with Gasteiger partial charge in [-0.2, -0.15) is 0 Å². The van der Waals surface area contributed by atoms with Gasteiger partial charge in [0.25, 0.3) is 0 Å². The fraction of sp³-hybridized carbons (Fsp3) is 0.231. The fourth-order valence-electron chi connectivity index (χ4n) is 1.41. The minimum absolute atomic E-state index is 0.575. The summed E-state index contributed by atoms with van der Waals surface area (Å²) in [6.45, 7) is 2.59. The molecular weight excluding hydrogens is 280 g/mol. The maximum absolute atomic E-state index is 5.62. The second kappa shape index (κ2) is 5.77. The molecule has 0 fully saturated rings. The third kappa shape index (κ3) is 3.27. The highest BCUT2D eigenvalue weighted by Gasteiger charge is 2.04. The molecule has 2 aromatic rings. The molecule has 0 aliphatic rings. The zero-order valence-corrected chi connectivity index (χ0v) is 11.1. The van der Waals surface area contributed by atoms with Crippen molar-refractivity contribution in [2.75, 3.05) is 6.61 Å². The van der Waals surface area contributed by atoms with Gasteiger partial charge in [-0.25, -0.2) is 4.98 Å². The molecule has 2 rings (SSSR count).